The van der Waals surface area contributed by atoms with E-state index in [0.717, 1.165) is 33.6 Å². The largest absolute Gasteiger partial charge is 0.340 e. The number of halogens is 2. The Bertz CT molecular complexity index is 1720. The lowest BCUT2D eigenvalue weighted by molar-refractivity contribution is 0.607. The molecule has 0 fully saturated rings. The van der Waals surface area contributed by atoms with Crippen molar-refractivity contribution in [3.05, 3.63) is 112 Å². The van der Waals surface area contributed by atoms with Crippen LogP contribution < -0.4 is 5.56 Å². The quantitative estimate of drug-likeness (QED) is 0.382. The molecule has 4 heterocycles. The van der Waals surface area contributed by atoms with E-state index < -0.39 is 17.2 Å². The van der Waals surface area contributed by atoms with Gasteiger partial charge in [0.25, 0.3) is 5.56 Å². The van der Waals surface area contributed by atoms with E-state index in [9.17, 15) is 4.79 Å². The Morgan fingerprint density at radius 1 is 0.943 bits per heavy atom. The number of aromatic nitrogens is 6. The van der Waals surface area contributed by atoms with Crippen molar-refractivity contribution >= 4 is 10.9 Å². The molecular formula is C26H18F2N6O. The van der Waals surface area contributed by atoms with Gasteiger partial charge in [0.1, 0.15) is 17.3 Å². The summed E-state index contributed by atoms with van der Waals surface area (Å²) in [6.45, 7) is 2.03. The number of benzene rings is 2. The van der Waals surface area contributed by atoms with Crippen LogP contribution in [0.3, 0.4) is 0 Å². The fraction of sp³-hybridized carbons (Fsp3) is 0.0769. The molecule has 0 radical (unpaired) electrons. The van der Waals surface area contributed by atoms with Crippen LogP contribution in [0.5, 0.6) is 0 Å². The number of hydrogen-bond donors (Lipinski definition) is 0. The first-order valence-corrected chi connectivity index (χ1v) is 10.9. The minimum atomic E-state index is -0.655. The monoisotopic (exact) mass is 468 g/mol. The Hall–Kier alpha value is -4.66. The number of aryl methyl sites for hydroxylation is 1. The standard InChI is InChI=1S/C26H18F2N6O/c1-16-4-2-11-29-25(16)34-26(35)19-15-32(24-21(28)10-9-20(27)22(24)23(19)31-34)14-17-5-7-18(8-6-17)33-13-3-12-30-33/h2-13,15H,14H2,1H3. The normalized spacial score (nSPS) is 11.5. The zero-order chi connectivity index (χ0) is 24.1. The van der Waals surface area contributed by atoms with Gasteiger partial charge in [0.15, 0.2) is 5.82 Å². The summed E-state index contributed by atoms with van der Waals surface area (Å²) >= 11 is 0. The first kappa shape index (κ1) is 20.9. The molecule has 0 atom stereocenters. The second kappa shape index (κ2) is 7.98. The Morgan fingerprint density at radius 2 is 1.74 bits per heavy atom. The molecule has 0 unspecified atom stereocenters. The van der Waals surface area contributed by atoms with Crippen LogP contribution in [-0.4, -0.2) is 29.1 Å². The van der Waals surface area contributed by atoms with Crippen LogP contribution in [0.1, 0.15) is 11.1 Å². The van der Waals surface area contributed by atoms with E-state index in [1.54, 1.807) is 40.7 Å². The average molecular weight is 468 g/mol. The van der Waals surface area contributed by atoms with Crippen LogP contribution in [-0.2, 0) is 6.54 Å². The fourth-order valence-electron chi connectivity index (χ4n) is 4.32. The average Bonchev–Trinajstić information content (AvgIpc) is 3.51. The van der Waals surface area contributed by atoms with Gasteiger partial charge in [0.05, 0.1) is 22.2 Å². The molecule has 7 nitrogen and oxygen atoms in total. The van der Waals surface area contributed by atoms with Gasteiger partial charge >= 0.3 is 0 Å². The summed E-state index contributed by atoms with van der Waals surface area (Å²) in [6.07, 6.45) is 6.61. The Morgan fingerprint density at radius 3 is 2.49 bits per heavy atom. The van der Waals surface area contributed by atoms with E-state index >= 15 is 8.78 Å². The molecule has 0 amide bonds. The number of pyridine rings is 2. The molecule has 6 rings (SSSR count). The van der Waals surface area contributed by atoms with Gasteiger partial charge in [-0.15, -0.1) is 0 Å². The van der Waals surface area contributed by atoms with Gasteiger partial charge < -0.3 is 4.57 Å². The molecule has 35 heavy (non-hydrogen) atoms. The molecule has 2 aliphatic heterocycles. The maximum absolute atomic E-state index is 15.1. The molecule has 2 aromatic heterocycles. The van der Waals surface area contributed by atoms with Gasteiger partial charge in [0.2, 0.25) is 0 Å². The van der Waals surface area contributed by atoms with Gasteiger partial charge in [-0.05, 0) is 54.4 Å². The molecule has 2 aromatic carbocycles. The first-order chi connectivity index (χ1) is 17.0. The van der Waals surface area contributed by atoms with Gasteiger partial charge in [-0.25, -0.2) is 18.4 Å². The maximum atomic E-state index is 15.1. The third-order valence-corrected chi connectivity index (χ3v) is 6.01. The molecule has 0 spiro atoms. The van der Waals surface area contributed by atoms with Crippen LogP contribution >= 0.6 is 0 Å². The highest BCUT2D eigenvalue weighted by Gasteiger charge is 2.25. The van der Waals surface area contributed by atoms with E-state index in [0.29, 0.717) is 5.82 Å². The lowest BCUT2D eigenvalue weighted by Gasteiger charge is -2.15. The lowest BCUT2D eigenvalue weighted by atomic mass is 10.1. The van der Waals surface area contributed by atoms with Crippen LogP contribution in [0, 0.1) is 18.6 Å². The van der Waals surface area contributed by atoms with Crippen LogP contribution in [0.4, 0.5) is 8.78 Å². The SMILES string of the molecule is Cc1cccnc1-n1nc2c3c(F)ccc(F)c3n(Cc3ccc(-n4cccn4)cc3)cc-2c1=O. The van der Waals surface area contributed by atoms with E-state index in [1.807, 2.05) is 36.5 Å². The van der Waals surface area contributed by atoms with Crippen LogP contribution in [0.2, 0.25) is 0 Å². The molecule has 4 aromatic rings. The molecule has 0 N–H and O–H groups in total. The van der Waals surface area contributed by atoms with Crippen molar-refractivity contribution in [1.29, 1.82) is 0 Å². The summed E-state index contributed by atoms with van der Waals surface area (Å²) in [5.74, 6) is -0.913. The summed E-state index contributed by atoms with van der Waals surface area (Å²) in [5.41, 5.74) is 2.31. The van der Waals surface area contributed by atoms with Gasteiger partial charge in [-0.1, -0.05) is 18.2 Å². The zero-order valence-electron chi connectivity index (χ0n) is 18.6. The molecule has 0 saturated carbocycles. The minimum Gasteiger partial charge on any atom is -0.340 e. The minimum absolute atomic E-state index is 0.0380. The first-order valence-electron chi connectivity index (χ1n) is 10.9. The van der Waals surface area contributed by atoms with Gasteiger partial charge in [-0.2, -0.15) is 14.9 Å². The second-order valence-corrected chi connectivity index (χ2v) is 8.25. The summed E-state index contributed by atoms with van der Waals surface area (Å²) in [4.78, 5) is 17.6. The van der Waals surface area contributed by atoms with Crippen LogP contribution in [0.15, 0.2) is 84.2 Å². The highest BCUT2D eigenvalue weighted by Crippen LogP contribution is 2.32. The smallest absolute Gasteiger partial charge is 0.283 e. The molecule has 0 aliphatic carbocycles. The molecule has 0 bridgehead atoms. The summed E-state index contributed by atoms with van der Waals surface area (Å²) in [5, 5.41) is 8.54. The van der Waals surface area contributed by atoms with E-state index in [2.05, 4.69) is 15.2 Å². The third-order valence-electron chi connectivity index (χ3n) is 6.01. The fourth-order valence-corrected chi connectivity index (χ4v) is 4.32. The molecule has 9 heteroatoms. The Balaban J connectivity index is 1.55. The van der Waals surface area contributed by atoms with Gasteiger partial charge in [-0.3, -0.25) is 4.79 Å². The number of rotatable bonds is 4. The number of hydrogen-bond acceptors (Lipinski definition) is 4. The van der Waals surface area contributed by atoms with Crippen molar-refractivity contribution in [1.82, 2.24) is 29.1 Å². The topological polar surface area (TPSA) is 70.5 Å². The second-order valence-electron chi connectivity index (χ2n) is 8.25. The van der Waals surface area contributed by atoms with Crippen molar-refractivity contribution in [3.63, 3.8) is 0 Å². The van der Waals surface area contributed by atoms with E-state index in [4.69, 9.17) is 0 Å². The van der Waals surface area contributed by atoms with Crippen LogP contribution in [0.25, 0.3) is 33.7 Å². The summed E-state index contributed by atoms with van der Waals surface area (Å²) in [7, 11) is 0. The number of fused-ring (bicyclic) bond motifs is 3. The Kier molecular flexibility index (Phi) is 4.77. The molecule has 2 aliphatic rings. The molecule has 172 valence electrons. The van der Waals surface area contributed by atoms with E-state index in [-0.39, 0.29) is 28.7 Å². The molecular weight excluding hydrogens is 450 g/mol. The van der Waals surface area contributed by atoms with Crippen molar-refractivity contribution < 1.29 is 8.78 Å². The summed E-state index contributed by atoms with van der Waals surface area (Å²) in [6, 6.07) is 15.1. The zero-order valence-corrected chi connectivity index (χ0v) is 18.6. The van der Waals surface area contributed by atoms with E-state index in [1.165, 1.54) is 6.20 Å². The third kappa shape index (κ3) is 3.40. The highest BCUT2D eigenvalue weighted by atomic mass is 19.1. The summed E-state index contributed by atoms with van der Waals surface area (Å²) < 4.78 is 34.6. The van der Waals surface area contributed by atoms with Crippen molar-refractivity contribution in [3.8, 4) is 22.8 Å². The van der Waals surface area contributed by atoms with Crippen molar-refractivity contribution in [2.24, 2.45) is 0 Å². The highest BCUT2D eigenvalue weighted by molar-refractivity contribution is 5.94. The molecule has 0 saturated heterocycles. The van der Waals surface area contributed by atoms with Gasteiger partial charge in [0, 0.05) is 31.3 Å². The predicted molar refractivity (Wildman–Crippen MR) is 127 cm³/mol. The predicted octanol–water partition coefficient (Wildman–Crippen LogP) is 4.51. The Labute approximate surface area is 197 Å². The lowest BCUT2D eigenvalue weighted by Crippen LogP contribution is -2.17. The maximum Gasteiger partial charge on any atom is 0.283 e. The van der Waals surface area contributed by atoms with Crippen molar-refractivity contribution in [2.75, 3.05) is 0 Å². The van der Waals surface area contributed by atoms with Crippen molar-refractivity contribution in [2.45, 2.75) is 13.5 Å². The number of nitrogens with zero attached hydrogens (tertiary/aromatic N) is 6.